The van der Waals surface area contributed by atoms with E-state index in [4.69, 9.17) is 0 Å². The summed E-state index contributed by atoms with van der Waals surface area (Å²) >= 11 is 0. The third kappa shape index (κ3) is 2.18. The minimum absolute atomic E-state index is 0.205. The molecule has 0 spiro atoms. The van der Waals surface area contributed by atoms with E-state index in [1.165, 1.54) is 25.3 Å². The molecular weight excluding hydrogens is 136 g/mol. The second kappa shape index (κ2) is 3.70. The number of allylic oxidation sites excluding steroid dienone is 1. The van der Waals surface area contributed by atoms with Crippen LogP contribution >= 0.6 is 0 Å². The van der Waals surface area contributed by atoms with Crippen molar-refractivity contribution in [2.24, 2.45) is 11.8 Å². The van der Waals surface area contributed by atoms with Gasteiger partial charge in [-0.05, 0) is 18.4 Å². The molecule has 0 radical (unpaired) electrons. The summed E-state index contributed by atoms with van der Waals surface area (Å²) in [6, 6.07) is 0. The maximum atomic E-state index is 11.1. The highest BCUT2D eigenvalue weighted by atomic mass is 16.1. The number of ketones is 1. The fourth-order valence-electron chi connectivity index (χ4n) is 1.55. The second-order valence-electron chi connectivity index (χ2n) is 3.54. The lowest BCUT2D eigenvalue weighted by molar-refractivity contribution is -0.118. The summed E-state index contributed by atoms with van der Waals surface area (Å²) < 4.78 is 0. The molecule has 11 heavy (non-hydrogen) atoms. The molecule has 1 nitrogen and oxygen atoms in total. The highest BCUT2D eigenvalue weighted by Crippen LogP contribution is 2.32. The van der Waals surface area contributed by atoms with E-state index in [2.05, 4.69) is 6.58 Å². The first-order valence-corrected chi connectivity index (χ1v) is 4.40. The van der Waals surface area contributed by atoms with Gasteiger partial charge in [0.25, 0.3) is 0 Å². The smallest absolute Gasteiger partial charge is 0.157 e. The molecule has 0 aromatic carbocycles. The Morgan fingerprint density at radius 2 is 2.36 bits per heavy atom. The van der Waals surface area contributed by atoms with Crippen LogP contribution in [0.3, 0.4) is 0 Å². The molecule has 1 atom stereocenters. The van der Waals surface area contributed by atoms with Crippen LogP contribution in [-0.2, 0) is 4.79 Å². The van der Waals surface area contributed by atoms with E-state index < -0.39 is 0 Å². The fraction of sp³-hybridized carbons (Fsp3) is 0.700. The maximum Gasteiger partial charge on any atom is 0.157 e. The van der Waals surface area contributed by atoms with Crippen LogP contribution in [0.25, 0.3) is 0 Å². The minimum Gasteiger partial charge on any atom is -0.295 e. The normalized spacial score (nSPS) is 20.5. The molecule has 0 N–H and O–H groups in total. The summed E-state index contributed by atoms with van der Waals surface area (Å²) in [5.41, 5.74) is 0. The van der Waals surface area contributed by atoms with Crippen LogP contribution in [-0.4, -0.2) is 5.78 Å². The van der Waals surface area contributed by atoms with Crippen molar-refractivity contribution in [3.63, 3.8) is 0 Å². The maximum absolute atomic E-state index is 11.1. The van der Waals surface area contributed by atoms with E-state index in [1.807, 2.05) is 6.92 Å². The summed E-state index contributed by atoms with van der Waals surface area (Å²) in [7, 11) is 0. The van der Waals surface area contributed by atoms with Crippen LogP contribution < -0.4 is 0 Å². The number of carbonyl (C=O) groups is 1. The van der Waals surface area contributed by atoms with Gasteiger partial charge in [-0.25, -0.2) is 0 Å². The largest absolute Gasteiger partial charge is 0.295 e. The van der Waals surface area contributed by atoms with E-state index in [-0.39, 0.29) is 11.7 Å². The van der Waals surface area contributed by atoms with Crippen LogP contribution in [0.4, 0.5) is 0 Å². The third-order valence-corrected chi connectivity index (χ3v) is 2.60. The van der Waals surface area contributed by atoms with Gasteiger partial charge in [0.2, 0.25) is 0 Å². The van der Waals surface area contributed by atoms with Gasteiger partial charge in [0.1, 0.15) is 0 Å². The lowest BCUT2D eigenvalue weighted by atomic mass is 9.78. The minimum atomic E-state index is 0.205. The van der Waals surface area contributed by atoms with E-state index in [1.54, 1.807) is 0 Å². The quantitative estimate of drug-likeness (QED) is 0.566. The lowest BCUT2D eigenvalue weighted by Crippen LogP contribution is -2.18. The van der Waals surface area contributed by atoms with Gasteiger partial charge in [-0.3, -0.25) is 4.79 Å². The van der Waals surface area contributed by atoms with Crippen molar-refractivity contribution in [2.75, 3.05) is 0 Å². The molecule has 0 aliphatic heterocycles. The third-order valence-electron chi connectivity index (χ3n) is 2.60. The second-order valence-corrected chi connectivity index (χ2v) is 3.54. The van der Waals surface area contributed by atoms with E-state index in [9.17, 15) is 4.79 Å². The van der Waals surface area contributed by atoms with Crippen molar-refractivity contribution in [1.82, 2.24) is 0 Å². The average molecular weight is 152 g/mol. The summed E-state index contributed by atoms with van der Waals surface area (Å²) in [6.07, 6.45) is 6.54. The SMILES string of the molecule is C=CC(=O)C(C)CC1CCC1. The van der Waals surface area contributed by atoms with E-state index in [0.29, 0.717) is 0 Å². The number of carbonyl (C=O) groups excluding carboxylic acids is 1. The van der Waals surface area contributed by atoms with Crippen molar-refractivity contribution < 1.29 is 4.79 Å². The molecule has 1 aliphatic carbocycles. The van der Waals surface area contributed by atoms with Crippen molar-refractivity contribution in [1.29, 1.82) is 0 Å². The van der Waals surface area contributed by atoms with Crippen LogP contribution in [0.15, 0.2) is 12.7 Å². The van der Waals surface area contributed by atoms with Gasteiger partial charge < -0.3 is 0 Å². The molecular formula is C10H16O. The van der Waals surface area contributed by atoms with Gasteiger partial charge in [-0.2, -0.15) is 0 Å². The molecule has 0 bridgehead atoms. The summed E-state index contributed by atoms with van der Waals surface area (Å²) in [4.78, 5) is 11.1. The molecule has 0 heterocycles. The number of rotatable bonds is 4. The molecule has 1 saturated carbocycles. The van der Waals surface area contributed by atoms with Gasteiger partial charge >= 0.3 is 0 Å². The zero-order chi connectivity index (χ0) is 8.27. The summed E-state index contributed by atoms with van der Waals surface area (Å²) in [5.74, 6) is 1.24. The zero-order valence-electron chi connectivity index (χ0n) is 7.18. The first-order chi connectivity index (χ1) is 5.24. The van der Waals surface area contributed by atoms with Crippen molar-refractivity contribution >= 4 is 5.78 Å². The Labute approximate surface area is 68.5 Å². The van der Waals surface area contributed by atoms with Crippen molar-refractivity contribution in [2.45, 2.75) is 32.6 Å². The standard InChI is InChI=1S/C10H16O/c1-3-10(11)8(2)7-9-5-4-6-9/h3,8-9H,1,4-7H2,2H3. The van der Waals surface area contributed by atoms with Gasteiger partial charge in [0, 0.05) is 5.92 Å². The Bertz CT molecular complexity index is 156. The molecule has 0 aromatic rings. The van der Waals surface area contributed by atoms with Crippen LogP contribution in [0, 0.1) is 11.8 Å². The lowest BCUT2D eigenvalue weighted by Gasteiger charge is -2.27. The van der Waals surface area contributed by atoms with Gasteiger partial charge in [-0.15, -0.1) is 0 Å². The molecule has 0 amide bonds. The molecule has 1 unspecified atom stereocenters. The molecule has 1 heteroatoms. The highest BCUT2D eigenvalue weighted by molar-refractivity contribution is 5.90. The Balaban J connectivity index is 2.23. The Hall–Kier alpha value is -0.590. The van der Waals surface area contributed by atoms with Crippen LogP contribution in [0.5, 0.6) is 0 Å². The molecule has 1 fully saturated rings. The Morgan fingerprint density at radius 3 is 2.73 bits per heavy atom. The summed E-state index contributed by atoms with van der Waals surface area (Å²) in [6.45, 7) is 5.49. The predicted octanol–water partition coefficient (Wildman–Crippen LogP) is 2.57. The Kier molecular flexibility index (Phi) is 2.86. The van der Waals surface area contributed by atoms with Gasteiger partial charge in [0.15, 0.2) is 5.78 Å². The van der Waals surface area contributed by atoms with E-state index >= 15 is 0 Å². The summed E-state index contributed by atoms with van der Waals surface area (Å²) in [5, 5.41) is 0. The van der Waals surface area contributed by atoms with Crippen molar-refractivity contribution in [3.05, 3.63) is 12.7 Å². The predicted molar refractivity (Wildman–Crippen MR) is 46.3 cm³/mol. The first kappa shape index (κ1) is 8.51. The molecule has 0 aromatic heterocycles. The molecule has 0 saturated heterocycles. The van der Waals surface area contributed by atoms with Gasteiger partial charge in [0.05, 0.1) is 0 Å². The van der Waals surface area contributed by atoms with Gasteiger partial charge in [-0.1, -0.05) is 32.8 Å². The highest BCUT2D eigenvalue weighted by Gasteiger charge is 2.21. The first-order valence-electron chi connectivity index (χ1n) is 4.40. The fourth-order valence-corrected chi connectivity index (χ4v) is 1.55. The monoisotopic (exact) mass is 152 g/mol. The Morgan fingerprint density at radius 1 is 1.73 bits per heavy atom. The molecule has 1 rings (SSSR count). The molecule has 1 aliphatic rings. The molecule has 62 valence electrons. The van der Waals surface area contributed by atoms with Crippen LogP contribution in [0.2, 0.25) is 0 Å². The zero-order valence-corrected chi connectivity index (χ0v) is 7.18. The average Bonchev–Trinajstić information content (AvgIpc) is 1.94. The van der Waals surface area contributed by atoms with Crippen LogP contribution in [0.1, 0.15) is 32.6 Å². The van der Waals surface area contributed by atoms with Crippen molar-refractivity contribution in [3.8, 4) is 0 Å². The van der Waals surface area contributed by atoms with E-state index in [0.717, 1.165) is 12.3 Å². The number of hydrogen-bond acceptors (Lipinski definition) is 1. The topological polar surface area (TPSA) is 17.1 Å². The number of hydrogen-bond donors (Lipinski definition) is 0.